The highest BCUT2D eigenvalue weighted by molar-refractivity contribution is 5.70. The summed E-state index contributed by atoms with van der Waals surface area (Å²) in [7, 11) is 0. The van der Waals surface area contributed by atoms with Gasteiger partial charge in [-0.05, 0) is 89.9 Å². The van der Waals surface area contributed by atoms with Crippen LogP contribution in [0.3, 0.4) is 0 Å². The number of carbonyl (C=O) groups excluding carboxylic acids is 2. The first kappa shape index (κ1) is 44.6. The van der Waals surface area contributed by atoms with Crippen molar-refractivity contribution in [1.82, 2.24) is 0 Å². The minimum absolute atomic E-state index is 0.125. The summed E-state index contributed by atoms with van der Waals surface area (Å²) in [5.41, 5.74) is 0. The summed E-state index contributed by atoms with van der Waals surface area (Å²) in [6.07, 6.45) is 54.4. The summed E-state index contributed by atoms with van der Waals surface area (Å²) in [6.45, 7) is 3.87. The van der Waals surface area contributed by atoms with Crippen molar-refractivity contribution in [2.75, 3.05) is 13.2 Å². The van der Waals surface area contributed by atoms with Crippen molar-refractivity contribution < 1.29 is 24.2 Å². The van der Waals surface area contributed by atoms with Crippen LogP contribution in [0.5, 0.6) is 0 Å². The fourth-order valence-electron chi connectivity index (χ4n) is 4.28. The molecule has 1 N–H and O–H groups in total. The van der Waals surface area contributed by atoms with E-state index in [0.717, 1.165) is 64.2 Å². The molecule has 0 radical (unpaired) electrons. The van der Waals surface area contributed by atoms with Crippen molar-refractivity contribution in [3.05, 3.63) is 109 Å². The Bertz CT molecular complexity index is 1020. The van der Waals surface area contributed by atoms with Crippen LogP contribution in [0.2, 0.25) is 0 Å². The van der Waals surface area contributed by atoms with Gasteiger partial charge in [0, 0.05) is 12.8 Å². The summed E-state index contributed by atoms with van der Waals surface area (Å²) in [4.78, 5) is 24.2. The Morgan fingerprint density at radius 2 is 0.875 bits per heavy atom. The third-order valence-corrected chi connectivity index (χ3v) is 7.05. The number of hydrogen-bond donors (Lipinski definition) is 1. The molecule has 1 unspecified atom stereocenters. The zero-order valence-electron chi connectivity index (χ0n) is 30.2. The minimum atomic E-state index is -0.830. The molecule has 0 fully saturated rings. The minimum Gasteiger partial charge on any atom is -0.462 e. The number of ether oxygens (including phenoxy) is 2. The Morgan fingerprint density at radius 3 is 1.27 bits per heavy atom. The molecule has 0 bridgehead atoms. The Balaban J connectivity index is 3.82. The fourth-order valence-corrected chi connectivity index (χ4v) is 4.28. The van der Waals surface area contributed by atoms with E-state index in [1.807, 2.05) is 0 Å². The number of rotatable bonds is 31. The van der Waals surface area contributed by atoms with Crippen molar-refractivity contribution in [2.45, 2.75) is 136 Å². The van der Waals surface area contributed by atoms with Crippen LogP contribution in [0.1, 0.15) is 129 Å². The van der Waals surface area contributed by atoms with Gasteiger partial charge in [-0.1, -0.05) is 136 Å². The molecule has 0 aliphatic carbocycles. The van der Waals surface area contributed by atoms with Crippen molar-refractivity contribution in [3.63, 3.8) is 0 Å². The Hall–Kier alpha value is -3.44. The molecular weight excluding hydrogens is 596 g/mol. The van der Waals surface area contributed by atoms with Gasteiger partial charge in [0.25, 0.3) is 0 Å². The highest BCUT2D eigenvalue weighted by Crippen LogP contribution is 2.06. The normalized spacial score (nSPS) is 13.5. The number of esters is 2. The average Bonchev–Trinajstić information content (AvgIpc) is 3.09. The number of allylic oxidation sites excluding steroid dienone is 18. The lowest BCUT2D eigenvalue weighted by Crippen LogP contribution is -2.28. The molecule has 5 nitrogen and oxygen atoms in total. The van der Waals surface area contributed by atoms with E-state index in [2.05, 4.69) is 123 Å². The summed E-state index contributed by atoms with van der Waals surface area (Å²) < 4.78 is 10.5. The molecule has 0 aromatic heterocycles. The SMILES string of the molecule is CCC=CCC=CCC=CCC=CCC=CCCCC(=O)OCC(CO)OC(=O)CCCC=CCC=CCC=CCC=CCCCCC. The predicted octanol–water partition coefficient (Wildman–Crippen LogP) is 11.5. The van der Waals surface area contributed by atoms with Gasteiger partial charge in [0.2, 0.25) is 0 Å². The Morgan fingerprint density at radius 1 is 0.500 bits per heavy atom. The molecule has 0 aliphatic rings. The second-order valence-electron chi connectivity index (χ2n) is 11.6. The van der Waals surface area contributed by atoms with Gasteiger partial charge < -0.3 is 14.6 Å². The quantitative estimate of drug-likeness (QED) is 0.0454. The first-order valence-corrected chi connectivity index (χ1v) is 18.4. The zero-order chi connectivity index (χ0) is 35.0. The van der Waals surface area contributed by atoms with Gasteiger partial charge in [0.15, 0.2) is 6.10 Å². The monoisotopic (exact) mass is 662 g/mol. The third-order valence-electron chi connectivity index (χ3n) is 7.05. The van der Waals surface area contributed by atoms with Crippen LogP contribution in [0.25, 0.3) is 0 Å². The number of aliphatic hydroxyl groups excluding tert-OH is 1. The number of hydrogen-bond acceptors (Lipinski definition) is 5. The first-order valence-electron chi connectivity index (χ1n) is 18.4. The van der Waals surface area contributed by atoms with E-state index < -0.39 is 6.10 Å². The molecule has 5 heteroatoms. The summed E-state index contributed by atoms with van der Waals surface area (Å²) >= 11 is 0. The molecule has 0 aromatic carbocycles. The second kappa shape index (κ2) is 38.0. The second-order valence-corrected chi connectivity index (χ2v) is 11.6. The van der Waals surface area contributed by atoms with Gasteiger partial charge in [-0.3, -0.25) is 9.59 Å². The Labute approximate surface area is 293 Å². The van der Waals surface area contributed by atoms with Crippen molar-refractivity contribution in [3.8, 4) is 0 Å². The van der Waals surface area contributed by atoms with E-state index in [-0.39, 0.29) is 38.0 Å². The number of carbonyl (C=O) groups is 2. The molecule has 0 amide bonds. The lowest BCUT2D eigenvalue weighted by Gasteiger charge is -2.15. The van der Waals surface area contributed by atoms with Crippen LogP contribution in [0.15, 0.2) is 109 Å². The predicted molar refractivity (Wildman–Crippen MR) is 205 cm³/mol. The third kappa shape index (κ3) is 35.4. The Kier molecular flexibility index (Phi) is 35.3. The van der Waals surface area contributed by atoms with Gasteiger partial charge in [-0.25, -0.2) is 0 Å². The van der Waals surface area contributed by atoms with E-state index in [4.69, 9.17) is 9.47 Å². The fraction of sp³-hybridized carbons (Fsp3) is 0.535. The van der Waals surface area contributed by atoms with Crippen LogP contribution >= 0.6 is 0 Å². The van der Waals surface area contributed by atoms with Crippen LogP contribution in [-0.4, -0.2) is 36.4 Å². The lowest BCUT2D eigenvalue weighted by molar-refractivity contribution is -0.161. The molecule has 48 heavy (non-hydrogen) atoms. The topological polar surface area (TPSA) is 72.8 Å². The van der Waals surface area contributed by atoms with Crippen LogP contribution < -0.4 is 0 Å². The molecule has 1 atom stereocenters. The molecule has 0 saturated heterocycles. The number of unbranched alkanes of at least 4 members (excludes halogenated alkanes) is 5. The number of aliphatic hydroxyl groups is 1. The summed E-state index contributed by atoms with van der Waals surface area (Å²) in [6, 6.07) is 0. The molecule has 0 heterocycles. The van der Waals surface area contributed by atoms with Gasteiger partial charge in [0.1, 0.15) is 6.61 Å². The molecule has 0 saturated carbocycles. The molecule has 0 spiro atoms. The van der Waals surface area contributed by atoms with Crippen molar-refractivity contribution >= 4 is 11.9 Å². The van der Waals surface area contributed by atoms with E-state index >= 15 is 0 Å². The highest BCUT2D eigenvalue weighted by atomic mass is 16.6. The van der Waals surface area contributed by atoms with Crippen LogP contribution in [-0.2, 0) is 19.1 Å². The average molecular weight is 663 g/mol. The molecular formula is C43H66O5. The summed E-state index contributed by atoms with van der Waals surface area (Å²) in [5, 5.41) is 9.52. The van der Waals surface area contributed by atoms with Crippen LogP contribution in [0.4, 0.5) is 0 Å². The maximum atomic E-state index is 12.1. The first-order chi connectivity index (χ1) is 23.6. The van der Waals surface area contributed by atoms with E-state index in [1.165, 1.54) is 25.7 Å². The van der Waals surface area contributed by atoms with Crippen LogP contribution in [0, 0.1) is 0 Å². The largest absolute Gasteiger partial charge is 0.462 e. The van der Waals surface area contributed by atoms with E-state index in [1.54, 1.807) is 0 Å². The van der Waals surface area contributed by atoms with Gasteiger partial charge >= 0.3 is 11.9 Å². The summed E-state index contributed by atoms with van der Waals surface area (Å²) in [5.74, 6) is -0.739. The van der Waals surface area contributed by atoms with E-state index in [9.17, 15) is 14.7 Å². The molecule has 0 rings (SSSR count). The van der Waals surface area contributed by atoms with Crippen molar-refractivity contribution in [1.29, 1.82) is 0 Å². The highest BCUT2D eigenvalue weighted by Gasteiger charge is 2.15. The lowest BCUT2D eigenvalue weighted by atomic mass is 10.2. The smallest absolute Gasteiger partial charge is 0.306 e. The zero-order valence-corrected chi connectivity index (χ0v) is 30.2. The van der Waals surface area contributed by atoms with Crippen molar-refractivity contribution in [2.24, 2.45) is 0 Å². The maximum Gasteiger partial charge on any atom is 0.306 e. The van der Waals surface area contributed by atoms with E-state index in [0.29, 0.717) is 12.8 Å². The molecule has 268 valence electrons. The molecule has 0 aromatic rings. The van der Waals surface area contributed by atoms with Gasteiger partial charge in [-0.15, -0.1) is 0 Å². The maximum absolute atomic E-state index is 12.1. The van der Waals surface area contributed by atoms with Gasteiger partial charge in [0.05, 0.1) is 6.61 Å². The molecule has 0 aliphatic heterocycles. The van der Waals surface area contributed by atoms with Gasteiger partial charge in [-0.2, -0.15) is 0 Å². The standard InChI is InChI=1S/C43H66O5/c1-3-5-7-9-11-13-15-17-19-21-23-25-27-29-31-33-35-37-42(45)47-40-41(39-44)48-43(46)38-36-34-32-30-28-26-24-22-20-18-16-14-12-10-8-6-4-2/h5,7,11-14,17-20,23-26,29-32,41,44H,3-4,6,8-10,15-16,21-22,27-28,33-40H2,1-2H3.